The van der Waals surface area contributed by atoms with Crippen molar-refractivity contribution in [1.29, 1.82) is 0 Å². The lowest BCUT2D eigenvalue weighted by atomic mass is 9.87. The van der Waals surface area contributed by atoms with Crippen LogP contribution in [0.5, 0.6) is 0 Å². The Balaban J connectivity index is 1.97. The molecule has 5 heteroatoms. The minimum absolute atomic E-state index is 0.312. The Morgan fingerprint density at radius 3 is 2.73 bits per heavy atom. The summed E-state index contributed by atoms with van der Waals surface area (Å²) >= 11 is 1.45. The largest absolute Gasteiger partial charge is 0.480 e. The summed E-state index contributed by atoms with van der Waals surface area (Å²) in [5.74, 6) is -1.35. The Morgan fingerprint density at radius 2 is 2.00 bits per heavy atom. The van der Waals surface area contributed by atoms with Gasteiger partial charge < -0.3 is 10.4 Å². The summed E-state index contributed by atoms with van der Waals surface area (Å²) < 4.78 is 0. The molecular formula is C17H17NO3S. The molecule has 1 aromatic heterocycles. The fourth-order valence-electron chi connectivity index (χ4n) is 2.99. The highest BCUT2D eigenvalue weighted by Crippen LogP contribution is 2.41. The highest BCUT2D eigenvalue weighted by atomic mass is 32.1. The van der Waals surface area contributed by atoms with Crippen molar-refractivity contribution >= 4 is 23.2 Å². The summed E-state index contributed by atoms with van der Waals surface area (Å²) in [6, 6.07) is 6.27. The van der Waals surface area contributed by atoms with Gasteiger partial charge in [0.15, 0.2) is 0 Å². The van der Waals surface area contributed by atoms with Crippen LogP contribution in [0, 0.1) is 13.8 Å². The summed E-state index contributed by atoms with van der Waals surface area (Å²) in [7, 11) is 0. The van der Waals surface area contributed by atoms with E-state index in [-0.39, 0.29) is 12.5 Å². The molecule has 0 saturated heterocycles. The summed E-state index contributed by atoms with van der Waals surface area (Å²) in [6.45, 7) is 3.86. The number of benzene rings is 1. The molecular weight excluding hydrogens is 298 g/mol. The first kappa shape index (κ1) is 14.8. The number of rotatable bonds is 3. The van der Waals surface area contributed by atoms with Gasteiger partial charge in [0.2, 0.25) is 0 Å². The van der Waals surface area contributed by atoms with Gasteiger partial charge in [-0.2, -0.15) is 0 Å². The second-order valence-corrected chi connectivity index (χ2v) is 6.70. The third kappa shape index (κ3) is 2.64. The minimum atomic E-state index is -1.04. The number of amides is 1. The molecule has 0 bridgehead atoms. The highest BCUT2D eigenvalue weighted by Gasteiger charge is 2.23. The molecule has 3 rings (SSSR count). The van der Waals surface area contributed by atoms with Gasteiger partial charge in [-0.3, -0.25) is 9.59 Å². The van der Waals surface area contributed by atoms with E-state index in [0.717, 1.165) is 17.7 Å². The van der Waals surface area contributed by atoms with Gasteiger partial charge in [-0.15, -0.1) is 11.3 Å². The van der Waals surface area contributed by atoms with Gasteiger partial charge in [0, 0.05) is 4.88 Å². The van der Waals surface area contributed by atoms with Crippen molar-refractivity contribution in [2.45, 2.75) is 26.7 Å². The highest BCUT2D eigenvalue weighted by molar-refractivity contribution is 7.17. The van der Waals surface area contributed by atoms with Gasteiger partial charge in [-0.1, -0.05) is 17.7 Å². The molecule has 0 unspecified atom stereocenters. The zero-order chi connectivity index (χ0) is 15.9. The Kier molecular flexibility index (Phi) is 3.74. The van der Waals surface area contributed by atoms with Crippen molar-refractivity contribution in [1.82, 2.24) is 5.32 Å². The number of carboxylic acids is 1. The predicted octanol–water partition coefficient (Wildman–Crippen LogP) is 2.94. The van der Waals surface area contributed by atoms with Crippen LogP contribution >= 0.6 is 11.3 Å². The quantitative estimate of drug-likeness (QED) is 0.915. The van der Waals surface area contributed by atoms with E-state index in [1.54, 1.807) is 0 Å². The minimum Gasteiger partial charge on any atom is -0.480 e. The standard InChI is InChI=1S/C17H17NO3S/c1-9-5-10(2)12-4-3-11-7-14(17(21)18-8-15(19)20)22-16(11)13(12)6-9/h5-7H,3-4,8H2,1-2H3,(H,18,21)(H,19,20). The summed E-state index contributed by atoms with van der Waals surface area (Å²) in [6.07, 6.45) is 1.91. The number of carbonyl (C=O) groups is 2. The van der Waals surface area contributed by atoms with Crippen LogP contribution in [0.3, 0.4) is 0 Å². The molecule has 1 aromatic carbocycles. The van der Waals surface area contributed by atoms with Crippen LogP contribution in [0.1, 0.15) is 31.9 Å². The molecule has 0 fully saturated rings. The topological polar surface area (TPSA) is 66.4 Å². The molecule has 4 nitrogen and oxygen atoms in total. The monoisotopic (exact) mass is 315 g/mol. The number of hydrogen-bond acceptors (Lipinski definition) is 3. The van der Waals surface area contributed by atoms with E-state index in [9.17, 15) is 9.59 Å². The predicted molar refractivity (Wildman–Crippen MR) is 86.6 cm³/mol. The molecule has 0 aliphatic heterocycles. The first-order chi connectivity index (χ1) is 10.5. The van der Waals surface area contributed by atoms with E-state index < -0.39 is 5.97 Å². The number of carbonyl (C=O) groups excluding carboxylic acids is 1. The van der Waals surface area contributed by atoms with E-state index in [4.69, 9.17) is 5.11 Å². The van der Waals surface area contributed by atoms with Crippen molar-refractivity contribution in [3.8, 4) is 10.4 Å². The van der Waals surface area contributed by atoms with Crippen LogP contribution in [0.2, 0.25) is 0 Å². The zero-order valence-corrected chi connectivity index (χ0v) is 13.3. The third-order valence-electron chi connectivity index (χ3n) is 3.94. The molecule has 1 heterocycles. The molecule has 2 aromatic rings. The van der Waals surface area contributed by atoms with Crippen molar-refractivity contribution < 1.29 is 14.7 Å². The lowest BCUT2D eigenvalue weighted by Crippen LogP contribution is -2.28. The fraction of sp³-hybridized carbons (Fsp3) is 0.294. The van der Waals surface area contributed by atoms with Gasteiger partial charge in [0.05, 0.1) is 4.88 Å². The summed E-state index contributed by atoms with van der Waals surface area (Å²) in [4.78, 5) is 24.3. The van der Waals surface area contributed by atoms with E-state index in [1.807, 2.05) is 6.07 Å². The maximum absolute atomic E-state index is 12.0. The molecule has 22 heavy (non-hydrogen) atoms. The number of hydrogen-bond donors (Lipinski definition) is 2. The van der Waals surface area contributed by atoms with Gasteiger partial charge in [-0.25, -0.2) is 0 Å². The molecule has 1 aliphatic carbocycles. The second kappa shape index (κ2) is 5.57. The Hall–Kier alpha value is -2.14. The molecule has 2 N–H and O–H groups in total. The normalized spacial score (nSPS) is 12.5. The van der Waals surface area contributed by atoms with Crippen LogP contribution in [0.15, 0.2) is 18.2 Å². The molecule has 0 atom stereocenters. The Bertz CT molecular complexity index is 776. The number of fused-ring (bicyclic) bond motifs is 3. The zero-order valence-electron chi connectivity index (χ0n) is 12.5. The lowest BCUT2D eigenvalue weighted by molar-refractivity contribution is -0.135. The third-order valence-corrected chi connectivity index (χ3v) is 5.15. The number of thiophene rings is 1. The van der Waals surface area contributed by atoms with E-state index in [0.29, 0.717) is 4.88 Å². The van der Waals surface area contributed by atoms with Crippen molar-refractivity contribution in [3.05, 3.63) is 45.3 Å². The van der Waals surface area contributed by atoms with Crippen LogP contribution in [0.4, 0.5) is 0 Å². The Labute approximate surface area is 132 Å². The lowest BCUT2D eigenvalue weighted by Gasteiger charge is -2.19. The number of carboxylic acid groups (broad SMARTS) is 1. The molecule has 0 radical (unpaired) electrons. The summed E-state index contributed by atoms with van der Waals surface area (Å²) in [5.41, 5.74) is 6.28. The molecule has 114 valence electrons. The van der Waals surface area contributed by atoms with Crippen molar-refractivity contribution in [2.24, 2.45) is 0 Å². The Morgan fingerprint density at radius 1 is 1.23 bits per heavy atom. The molecule has 0 spiro atoms. The molecule has 1 amide bonds. The van der Waals surface area contributed by atoms with Crippen LogP contribution in [-0.2, 0) is 17.6 Å². The maximum Gasteiger partial charge on any atom is 0.322 e. The van der Waals surface area contributed by atoms with Crippen molar-refractivity contribution in [2.75, 3.05) is 6.54 Å². The SMILES string of the molecule is Cc1cc(C)c2c(c1)-c1sc(C(=O)NCC(=O)O)cc1CC2. The average molecular weight is 315 g/mol. The number of aryl methyl sites for hydroxylation is 3. The van der Waals surface area contributed by atoms with Crippen molar-refractivity contribution in [3.63, 3.8) is 0 Å². The van der Waals surface area contributed by atoms with E-state index in [1.165, 1.54) is 39.2 Å². The average Bonchev–Trinajstić information content (AvgIpc) is 2.89. The van der Waals surface area contributed by atoms with Gasteiger partial charge in [0.1, 0.15) is 6.54 Å². The number of nitrogens with one attached hydrogen (secondary N) is 1. The van der Waals surface area contributed by atoms with Crippen LogP contribution in [0.25, 0.3) is 10.4 Å². The first-order valence-electron chi connectivity index (χ1n) is 7.19. The smallest absolute Gasteiger partial charge is 0.322 e. The van der Waals surface area contributed by atoms with Crippen LogP contribution < -0.4 is 5.32 Å². The van der Waals surface area contributed by atoms with Gasteiger partial charge >= 0.3 is 5.97 Å². The maximum atomic E-state index is 12.0. The fourth-order valence-corrected chi connectivity index (χ4v) is 4.16. The van der Waals surface area contributed by atoms with Crippen LogP contribution in [-0.4, -0.2) is 23.5 Å². The molecule has 0 saturated carbocycles. The van der Waals surface area contributed by atoms with Gasteiger partial charge in [-0.05, 0) is 55.0 Å². The van der Waals surface area contributed by atoms with Gasteiger partial charge in [0.25, 0.3) is 5.91 Å². The second-order valence-electron chi connectivity index (χ2n) is 5.65. The summed E-state index contributed by atoms with van der Waals surface area (Å²) in [5, 5.41) is 11.1. The first-order valence-corrected chi connectivity index (χ1v) is 8.00. The van der Waals surface area contributed by atoms with E-state index >= 15 is 0 Å². The number of aliphatic carboxylic acids is 1. The van der Waals surface area contributed by atoms with E-state index in [2.05, 4.69) is 31.3 Å². The molecule has 1 aliphatic rings.